The minimum absolute atomic E-state index is 0.0172. The van der Waals surface area contributed by atoms with Crippen LogP contribution in [0.4, 0.5) is 0 Å². The topological polar surface area (TPSA) is 227 Å². The van der Waals surface area contributed by atoms with Crippen molar-refractivity contribution in [1.29, 1.82) is 0 Å². The first-order chi connectivity index (χ1) is 22.1. The van der Waals surface area contributed by atoms with Crippen molar-refractivity contribution >= 4 is 81.6 Å². The van der Waals surface area contributed by atoms with Gasteiger partial charge in [-0.05, 0) is 61.4 Å². The van der Waals surface area contributed by atoms with Gasteiger partial charge in [0.15, 0.2) is 10.9 Å². The molecule has 0 unspecified atom stereocenters. The molecule has 0 spiro atoms. The van der Waals surface area contributed by atoms with Crippen molar-refractivity contribution in [2.24, 2.45) is 0 Å². The van der Waals surface area contributed by atoms with E-state index in [0.717, 1.165) is 24.3 Å². The molecule has 6 rings (SSSR count). The summed E-state index contributed by atoms with van der Waals surface area (Å²) in [5, 5.41) is 0.652. The largest absolute Gasteiger partial charge is 0.354 e. The lowest BCUT2D eigenvalue weighted by Gasteiger charge is -2.17. The summed E-state index contributed by atoms with van der Waals surface area (Å²) in [6.45, 7) is 0.223. The van der Waals surface area contributed by atoms with Crippen LogP contribution in [-0.4, -0.2) is 58.3 Å². The number of H-pyrrole nitrogens is 1. The van der Waals surface area contributed by atoms with E-state index in [1.54, 1.807) is 4.57 Å². The van der Waals surface area contributed by atoms with E-state index >= 15 is 0 Å². The summed E-state index contributed by atoms with van der Waals surface area (Å²) in [5.74, 6) is -1.92. The first-order valence-corrected chi connectivity index (χ1v) is 17.1. The van der Waals surface area contributed by atoms with E-state index in [1.165, 1.54) is 24.3 Å². The maximum absolute atomic E-state index is 13.7. The molecule has 3 N–H and O–H groups in total. The second kappa shape index (κ2) is 11.7. The van der Waals surface area contributed by atoms with Crippen LogP contribution in [0.3, 0.4) is 0 Å². The third kappa shape index (κ3) is 6.00. The monoisotopic (exact) mass is 683 g/mol. The van der Waals surface area contributed by atoms with Crippen LogP contribution >= 0.6 is 0 Å². The minimum atomic E-state index is -4.65. The van der Waals surface area contributed by atoms with Gasteiger partial charge in [0.2, 0.25) is 0 Å². The van der Waals surface area contributed by atoms with Gasteiger partial charge >= 0.3 is 5.97 Å². The number of aryl methyl sites for hydroxylation is 1. The highest BCUT2D eigenvalue weighted by molar-refractivity contribution is 7.86. The molecule has 0 atom stereocenters. The molecule has 244 valence electrons. The van der Waals surface area contributed by atoms with Gasteiger partial charge < -0.3 is 14.4 Å². The van der Waals surface area contributed by atoms with E-state index in [0.29, 0.717) is 35.4 Å². The highest BCUT2D eigenvalue weighted by Gasteiger charge is 2.32. The summed E-state index contributed by atoms with van der Waals surface area (Å²) in [6, 6.07) is 9.89. The quantitative estimate of drug-likeness (QED) is 0.0882. The molecule has 2 aromatic heterocycles. The zero-order valence-corrected chi connectivity index (χ0v) is 25.9. The number of benzene rings is 3. The van der Waals surface area contributed by atoms with Crippen molar-refractivity contribution in [1.82, 2.24) is 14.6 Å². The first kappa shape index (κ1) is 32.0. The molecule has 17 heteroatoms. The van der Waals surface area contributed by atoms with Crippen molar-refractivity contribution in [3.05, 3.63) is 69.0 Å². The average Bonchev–Trinajstić information content (AvgIpc) is 3.32. The number of nitrogens with one attached hydrogen (secondary N) is 1. The van der Waals surface area contributed by atoms with Gasteiger partial charge in [-0.3, -0.25) is 28.3 Å². The number of pyridine rings is 2. The highest BCUT2D eigenvalue weighted by atomic mass is 32.2. The third-order valence-electron chi connectivity index (χ3n) is 7.98. The molecule has 1 fully saturated rings. The molecule has 3 heterocycles. The number of unbranched alkanes of at least 4 members (excludes halogenated alkanes) is 2. The fraction of sp³-hybridized carbons (Fsp3) is 0.233. The Kier molecular flexibility index (Phi) is 7.95. The van der Waals surface area contributed by atoms with Crippen molar-refractivity contribution < 1.29 is 45.2 Å². The van der Waals surface area contributed by atoms with Crippen LogP contribution in [0.1, 0.15) is 38.5 Å². The number of aromatic nitrogens is 2. The number of hydroxylamine groups is 2. The van der Waals surface area contributed by atoms with E-state index in [4.69, 9.17) is 4.84 Å². The minimum Gasteiger partial charge on any atom is -0.354 e. The molecule has 1 aliphatic rings. The van der Waals surface area contributed by atoms with Gasteiger partial charge in [0.25, 0.3) is 32.1 Å². The number of amides is 2. The van der Waals surface area contributed by atoms with Crippen LogP contribution in [0.15, 0.2) is 67.9 Å². The molecular formula is C30H25N3O12S2. The Morgan fingerprint density at radius 2 is 1.28 bits per heavy atom. The van der Waals surface area contributed by atoms with Crippen molar-refractivity contribution in [3.8, 4) is 0 Å². The number of hydrogen-bond donors (Lipinski definition) is 3. The zero-order valence-electron chi connectivity index (χ0n) is 24.3. The lowest BCUT2D eigenvalue weighted by molar-refractivity contribution is -0.197. The summed E-state index contributed by atoms with van der Waals surface area (Å²) < 4.78 is 68.0. The lowest BCUT2D eigenvalue weighted by atomic mass is 10.0. The van der Waals surface area contributed by atoms with Gasteiger partial charge in [-0.2, -0.15) is 16.8 Å². The molecule has 47 heavy (non-hydrogen) atoms. The predicted molar refractivity (Wildman–Crippen MR) is 167 cm³/mol. The Bertz CT molecular complexity index is 2520. The standard InChI is InChI=1S/C30H25N3O12S2/c34-26-9-10-27(35)33(26)45-28(36)4-2-1-3-11-32-24-8-6-17(47(42,43)44)13-20(24)30(38)21-14-23-19(15-25(21)32)29(37)18-12-16(46(39,40)41)5-7-22(18)31-23/h5-8,12-15H,1-4,9-11H2,(H,31,37)(H,39,40,41)(H,42,43,44). The number of hydrogen-bond acceptors (Lipinski definition) is 10. The fourth-order valence-electron chi connectivity index (χ4n) is 5.69. The number of rotatable bonds is 9. The third-order valence-corrected chi connectivity index (χ3v) is 9.68. The molecule has 0 bridgehead atoms. The van der Waals surface area contributed by atoms with Crippen molar-refractivity contribution in [2.45, 2.75) is 54.9 Å². The molecule has 0 aliphatic carbocycles. The van der Waals surface area contributed by atoms with Crippen LogP contribution in [0.5, 0.6) is 0 Å². The average molecular weight is 684 g/mol. The Balaban J connectivity index is 1.40. The lowest BCUT2D eigenvalue weighted by Crippen LogP contribution is -2.31. The molecule has 5 aromatic rings. The summed E-state index contributed by atoms with van der Waals surface area (Å²) >= 11 is 0. The second-order valence-corrected chi connectivity index (χ2v) is 13.9. The molecule has 0 saturated carbocycles. The van der Waals surface area contributed by atoms with Crippen molar-refractivity contribution in [2.75, 3.05) is 0 Å². The number of carbonyl (C=O) groups excluding carboxylic acids is 3. The van der Waals surface area contributed by atoms with Crippen LogP contribution in [0.25, 0.3) is 43.6 Å². The SMILES string of the molecule is O=C(CCCCCn1c2ccc(S(=O)(=O)O)cc2c(=O)c2cc3[nH]c4ccc(S(=O)(=O)O)cc4c(=O)c3cc21)ON1C(=O)CCC1=O. The molecular weight excluding hydrogens is 658 g/mol. The molecule has 15 nitrogen and oxygen atoms in total. The van der Waals surface area contributed by atoms with Gasteiger partial charge in [0, 0.05) is 52.9 Å². The smallest absolute Gasteiger partial charge is 0.333 e. The molecule has 2 amide bonds. The van der Waals surface area contributed by atoms with Gasteiger partial charge in [0.1, 0.15) is 0 Å². The highest BCUT2D eigenvalue weighted by Crippen LogP contribution is 2.27. The van der Waals surface area contributed by atoms with Gasteiger partial charge in [-0.25, -0.2) is 4.79 Å². The van der Waals surface area contributed by atoms with E-state index in [9.17, 15) is 49.9 Å². The van der Waals surface area contributed by atoms with E-state index in [-0.39, 0.29) is 58.4 Å². The molecule has 0 radical (unpaired) electrons. The van der Waals surface area contributed by atoms with Gasteiger partial charge in [-0.15, -0.1) is 5.06 Å². The Labute approximate surface area is 264 Å². The summed E-state index contributed by atoms with van der Waals surface area (Å²) in [7, 11) is -9.25. The van der Waals surface area contributed by atoms with Gasteiger partial charge in [0.05, 0.1) is 26.3 Å². The molecule has 3 aromatic carbocycles. The van der Waals surface area contributed by atoms with Gasteiger partial charge in [-0.1, -0.05) is 6.42 Å². The summed E-state index contributed by atoms with van der Waals surface area (Å²) in [5.41, 5.74) is -0.0787. The molecule has 1 aliphatic heterocycles. The number of carbonyl (C=O) groups is 3. The number of nitrogens with zero attached hydrogens (tertiary/aromatic N) is 2. The van der Waals surface area contributed by atoms with Crippen LogP contribution in [0, 0.1) is 0 Å². The first-order valence-electron chi connectivity index (χ1n) is 14.2. The summed E-state index contributed by atoms with van der Waals surface area (Å²) in [6.07, 6.45) is 1.06. The Hall–Kier alpha value is -4.97. The van der Waals surface area contributed by atoms with Crippen molar-refractivity contribution in [3.63, 3.8) is 0 Å². The normalized spacial score (nSPS) is 14.2. The summed E-state index contributed by atoms with van der Waals surface area (Å²) in [4.78, 5) is 69.8. The Morgan fingerprint density at radius 3 is 1.94 bits per heavy atom. The van der Waals surface area contributed by atoms with E-state index < -0.39 is 58.7 Å². The Morgan fingerprint density at radius 1 is 0.702 bits per heavy atom. The van der Waals surface area contributed by atoms with Crippen LogP contribution < -0.4 is 10.9 Å². The fourth-order valence-corrected chi connectivity index (χ4v) is 6.70. The predicted octanol–water partition coefficient (Wildman–Crippen LogP) is 2.81. The number of imide groups is 1. The van der Waals surface area contributed by atoms with E-state index in [1.807, 2.05) is 0 Å². The zero-order chi connectivity index (χ0) is 33.8. The maximum atomic E-state index is 13.7. The molecule has 1 saturated heterocycles. The number of fused-ring (bicyclic) bond motifs is 4. The van der Waals surface area contributed by atoms with Crippen LogP contribution in [0.2, 0.25) is 0 Å². The maximum Gasteiger partial charge on any atom is 0.333 e. The van der Waals surface area contributed by atoms with Crippen LogP contribution in [-0.2, 0) is 46.0 Å². The van der Waals surface area contributed by atoms with E-state index in [2.05, 4.69) is 4.98 Å². The number of aromatic amines is 1. The second-order valence-electron chi connectivity index (χ2n) is 11.0.